The molecule has 0 amide bonds. The molecule has 1 unspecified atom stereocenters. The van der Waals surface area contributed by atoms with Crippen LogP contribution in [0.1, 0.15) is 25.6 Å². The van der Waals surface area contributed by atoms with E-state index < -0.39 is 0 Å². The molecule has 1 saturated heterocycles. The molecule has 0 aromatic carbocycles. The topological polar surface area (TPSA) is 84.6 Å². The third-order valence-corrected chi connectivity index (χ3v) is 3.76. The van der Waals surface area contributed by atoms with Gasteiger partial charge in [-0.25, -0.2) is 0 Å². The van der Waals surface area contributed by atoms with Gasteiger partial charge in [0, 0.05) is 27.2 Å². The summed E-state index contributed by atoms with van der Waals surface area (Å²) in [4.78, 5) is 18.3. The number of ether oxygens (including phenoxy) is 1. The summed E-state index contributed by atoms with van der Waals surface area (Å²) in [5.41, 5.74) is 0. The van der Waals surface area contributed by atoms with Crippen molar-refractivity contribution in [3.8, 4) is 0 Å². The number of carbonyl (C=O) groups excluding carboxylic acids is 1. The van der Waals surface area contributed by atoms with Gasteiger partial charge < -0.3 is 19.5 Å². The lowest BCUT2D eigenvalue weighted by atomic mass is 9.98. The largest absolute Gasteiger partial charge is 0.466 e. The number of piperidine rings is 1. The van der Waals surface area contributed by atoms with E-state index in [0.717, 1.165) is 31.2 Å². The van der Waals surface area contributed by atoms with Crippen LogP contribution in [0.4, 0.5) is 0 Å². The van der Waals surface area contributed by atoms with Crippen LogP contribution in [0.25, 0.3) is 0 Å². The molecule has 9 heteroatoms. The highest BCUT2D eigenvalue weighted by atomic mass is 127. The number of aliphatic imine (C=N–C) groups is 1. The molecule has 1 fully saturated rings. The summed E-state index contributed by atoms with van der Waals surface area (Å²) in [7, 11) is 3.64. The summed E-state index contributed by atoms with van der Waals surface area (Å²) >= 11 is 0. The average Bonchev–Trinajstić information content (AvgIpc) is 2.94. The molecule has 130 valence electrons. The number of nitrogens with one attached hydrogen (secondary N) is 1. The fraction of sp³-hybridized carbons (Fsp3) is 0.714. The Bertz CT molecular complexity index is 533. The molecule has 2 rings (SSSR count). The molecule has 23 heavy (non-hydrogen) atoms. The summed E-state index contributed by atoms with van der Waals surface area (Å²) in [5.74, 6) is 1.41. The van der Waals surface area contributed by atoms with Gasteiger partial charge in [0.05, 0.1) is 19.1 Å². The molecule has 1 aromatic rings. The first-order chi connectivity index (χ1) is 10.7. The van der Waals surface area contributed by atoms with Gasteiger partial charge >= 0.3 is 5.97 Å². The number of aryl methyl sites for hydroxylation is 1. The number of aromatic nitrogens is 3. The van der Waals surface area contributed by atoms with Crippen molar-refractivity contribution in [2.75, 3.05) is 26.7 Å². The first-order valence-corrected chi connectivity index (χ1v) is 7.60. The summed E-state index contributed by atoms with van der Waals surface area (Å²) < 4.78 is 6.99. The van der Waals surface area contributed by atoms with Crippen LogP contribution in [0.15, 0.2) is 11.3 Å². The second-order valence-electron chi connectivity index (χ2n) is 5.30. The summed E-state index contributed by atoms with van der Waals surface area (Å²) in [6.45, 7) is 4.32. The van der Waals surface area contributed by atoms with E-state index in [2.05, 4.69) is 25.4 Å². The molecule has 1 aliphatic rings. The van der Waals surface area contributed by atoms with E-state index in [1.54, 1.807) is 13.4 Å². The van der Waals surface area contributed by atoms with Gasteiger partial charge in [-0.05, 0) is 19.8 Å². The predicted molar refractivity (Wildman–Crippen MR) is 97.5 cm³/mol. The Morgan fingerprint density at radius 2 is 2.35 bits per heavy atom. The third-order valence-electron chi connectivity index (χ3n) is 3.76. The molecule has 1 N–H and O–H groups in total. The van der Waals surface area contributed by atoms with Crippen molar-refractivity contribution in [3.05, 3.63) is 12.2 Å². The zero-order valence-corrected chi connectivity index (χ0v) is 16.2. The summed E-state index contributed by atoms with van der Waals surface area (Å²) in [6, 6.07) is 0. The van der Waals surface area contributed by atoms with Crippen molar-refractivity contribution in [2.24, 2.45) is 18.0 Å². The van der Waals surface area contributed by atoms with Gasteiger partial charge in [-0.1, -0.05) is 0 Å². The molecule has 0 spiro atoms. The van der Waals surface area contributed by atoms with Crippen molar-refractivity contribution < 1.29 is 9.53 Å². The number of esters is 1. The lowest BCUT2D eigenvalue weighted by Gasteiger charge is -2.33. The molecule has 2 heterocycles. The molecule has 0 saturated carbocycles. The number of rotatable bonds is 4. The highest BCUT2D eigenvalue weighted by Crippen LogP contribution is 2.18. The lowest BCUT2D eigenvalue weighted by molar-refractivity contribution is -0.149. The number of carbonyl (C=O) groups is 1. The van der Waals surface area contributed by atoms with Gasteiger partial charge in [0.15, 0.2) is 11.8 Å². The van der Waals surface area contributed by atoms with Gasteiger partial charge in [-0.3, -0.25) is 9.79 Å². The monoisotopic (exact) mass is 436 g/mol. The van der Waals surface area contributed by atoms with Crippen LogP contribution in [0.3, 0.4) is 0 Å². The molecule has 1 aromatic heterocycles. The number of hydrogen-bond donors (Lipinski definition) is 1. The zero-order chi connectivity index (χ0) is 15.9. The van der Waals surface area contributed by atoms with E-state index in [0.29, 0.717) is 19.7 Å². The lowest BCUT2D eigenvalue weighted by Crippen LogP contribution is -2.48. The molecule has 0 bridgehead atoms. The van der Waals surface area contributed by atoms with E-state index in [1.165, 1.54) is 0 Å². The van der Waals surface area contributed by atoms with Crippen LogP contribution < -0.4 is 5.32 Å². The van der Waals surface area contributed by atoms with Crippen LogP contribution in [-0.2, 0) is 23.1 Å². The zero-order valence-electron chi connectivity index (χ0n) is 13.9. The summed E-state index contributed by atoms with van der Waals surface area (Å²) in [6.07, 6.45) is 3.49. The molecule has 1 aliphatic heterocycles. The van der Waals surface area contributed by atoms with Crippen LogP contribution in [-0.4, -0.2) is 58.3 Å². The average molecular weight is 436 g/mol. The minimum atomic E-state index is -0.115. The number of halogens is 1. The van der Waals surface area contributed by atoms with Crippen molar-refractivity contribution in [3.63, 3.8) is 0 Å². The normalized spacial score (nSPS) is 18.3. The highest BCUT2D eigenvalue weighted by molar-refractivity contribution is 14.0. The van der Waals surface area contributed by atoms with E-state index in [9.17, 15) is 4.79 Å². The van der Waals surface area contributed by atoms with Crippen molar-refractivity contribution in [1.82, 2.24) is 25.0 Å². The van der Waals surface area contributed by atoms with Crippen molar-refractivity contribution in [2.45, 2.75) is 26.3 Å². The fourth-order valence-corrected chi connectivity index (χ4v) is 2.58. The Morgan fingerprint density at radius 1 is 1.57 bits per heavy atom. The van der Waals surface area contributed by atoms with Crippen molar-refractivity contribution in [1.29, 1.82) is 0 Å². The fourth-order valence-electron chi connectivity index (χ4n) is 2.58. The van der Waals surface area contributed by atoms with Crippen molar-refractivity contribution >= 4 is 35.9 Å². The predicted octanol–water partition coefficient (Wildman–Crippen LogP) is 0.784. The third kappa shape index (κ3) is 5.33. The Balaban J connectivity index is 0.00000264. The number of hydrogen-bond acceptors (Lipinski definition) is 5. The SMILES string of the molecule is CCOC(=O)C1CCCN(C(=NC)NCc2nncn2C)C1.I. The van der Waals surface area contributed by atoms with Gasteiger partial charge in [0.2, 0.25) is 0 Å². The standard InChI is InChI=1S/C14H24N6O2.HI/c1-4-22-13(21)11-6-5-7-20(9-11)14(15-2)16-8-12-18-17-10-19(12)3;/h10-11H,4-9H2,1-3H3,(H,15,16);1H. The maximum atomic E-state index is 11.9. The van der Waals surface area contributed by atoms with Crippen LogP contribution in [0, 0.1) is 5.92 Å². The van der Waals surface area contributed by atoms with E-state index >= 15 is 0 Å². The van der Waals surface area contributed by atoms with E-state index in [4.69, 9.17) is 4.74 Å². The molecule has 0 aliphatic carbocycles. The number of likely N-dealkylation sites (tertiary alicyclic amines) is 1. The van der Waals surface area contributed by atoms with E-state index in [-0.39, 0.29) is 35.9 Å². The maximum absolute atomic E-state index is 11.9. The first-order valence-electron chi connectivity index (χ1n) is 7.60. The molecule has 8 nitrogen and oxygen atoms in total. The Labute approximate surface area is 153 Å². The highest BCUT2D eigenvalue weighted by Gasteiger charge is 2.28. The second-order valence-corrected chi connectivity index (χ2v) is 5.30. The Kier molecular flexibility index (Phi) is 8.28. The number of nitrogens with zero attached hydrogens (tertiary/aromatic N) is 5. The Morgan fingerprint density at radius 3 is 2.96 bits per heavy atom. The molecular weight excluding hydrogens is 411 g/mol. The van der Waals surface area contributed by atoms with Gasteiger partial charge in [-0.15, -0.1) is 34.2 Å². The van der Waals surface area contributed by atoms with Crippen LogP contribution >= 0.6 is 24.0 Å². The van der Waals surface area contributed by atoms with Crippen LogP contribution in [0.5, 0.6) is 0 Å². The smallest absolute Gasteiger partial charge is 0.310 e. The van der Waals surface area contributed by atoms with E-state index in [1.807, 2.05) is 18.5 Å². The quantitative estimate of drug-likeness (QED) is 0.325. The Hall–Kier alpha value is -1.39. The van der Waals surface area contributed by atoms with Gasteiger partial charge in [0.25, 0.3) is 0 Å². The summed E-state index contributed by atoms with van der Waals surface area (Å²) in [5, 5.41) is 11.2. The van der Waals surface area contributed by atoms with Crippen LogP contribution in [0.2, 0.25) is 0 Å². The second kappa shape index (κ2) is 9.68. The minimum absolute atomic E-state index is 0. The first kappa shape index (κ1) is 19.7. The van der Waals surface area contributed by atoms with Gasteiger partial charge in [0.1, 0.15) is 6.33 Å². The molecular formula is C14H25IN6O2. The number of guanidine groups is 1. The molecule has 1 atom stereocenters. The van der Waals surface area contributed by atoms with Gasteiger partial charge in [-0.2, -0.15) is 0 Å². The minimum Gasteiger partial charge on any atom is -0.466 e. The maximum Gasteiger partial charge on any atom is 0.310 e. The molecule has 0 radical (unpaired) electrons.